The molecule has 108 valence electrons. The summed E-state index contributed by atoms with van der Waals surface area (Å²) in [6.45, 7) is 1.37. The lowest BCUT2D eigenvalue weighted by Gasteiger charge is -2.15. The lowest BCUT2D eigenvalue weighted by atomic mass is 10.0. The standard InChI is InChI=1S/C14H17NO4S/c1-9(16)10-5-3-4-6-11(10)13(17)15-12(14(18)19)7-8-20-2/h3-6,12H,7-8H2,1-2H3,(H,15,17)(H,18,19). The maximum Gasteiger partial charge on any atom is 0.326 e. The number of aliphatic carboxylic acids is 1. The Morgan fingerprint density at radius 3 is 2.35 bits per heavy atom. The molecule has 6 heteroatoms. The summed E-state index contributed by atoms with van der Waals surface area (Å²) in [4.78, 5) is 34.7. The van der Waals surface area contributed by atoms with Crippen LogP contribution in [-0.4, -0.2) is 40.8 Å². The normalized spacial score (nSPS) is 11.7. The first-order chi connectivity index (χ1) is 9.47. The molecule has 0 saturated carbocycles. The monoisotopic (exact) mass is 295 g/mol. The second-order valence-corrected chi connectivity index (χ2v) is 5.23. The van der Waals surface area contributed by atoms with Crippen LogP contribution in [0.25, 0.3) is 0 Å². The molecular weight excluding hydrogens is 278 g/mol. The fraction of sp³-hybridized carbons (Fsp3) is 0.357. The summed E-state index contributed by atoms with van der Waals surface area (Å²) in [6, 6.07) is 5.42. The Labute approximate surface area is 121 Å². The third-order valence-corrected chi connectivity index (χ3v) is 3.41. The first kappa shape index (κ1) is 16.2. The number of carboxylic acids is 1. The van der Waals surface area contributed by atoms with Crippen LogP contribution in [0, 0.1) is 0 Å². The number of Topliss-reactive ketones (excluding diaryl/α,β-unsaturated/α-hetero) is 1. The Morgan fingerprint density at radius 1 is 1.25 bits per heavy atom. The summed E-state index contributed by atoms with van der Waals surface area (Å²) in [6.07, 6.45) is 2.20. The zero-order valence-electron chi connectivity index (χ0n) is 11.4. The Balaban J connectivity index is 2.89. The van der Waals surface area contributed by atoms with Crippen LogP contribution in [0.5, 0.6) is 0 Å². The molecule has 0 spiro atoms. The number of carbonyl (C=O) groups is 3. The van der Waals surface area contributed by atoms with E-state index in [2.05, 4.69) is 5.32 Å². The van der Waals surface area contributed by atoms with Crippen LogP contribution in [0.1, 0.15) is 34.1 Å². The van der Waals surface area contributed by atoms with E-state index in [-0.39, 0.29) is 11.3 Å². The SMILES string of the molecule is CSCCC(NC(=O)c1ccccc1C(C)=O)C(=O)O. The topological polar surface area (TPSA) is 83.5 Å². The van der Waals surface area contributed by atoms with Crippen molar-refractivity contribution in [2.24, 2.45) is 0 Å². The van der Waals surface area contributed by atoms with Crippen molar-refractivity contribution < 1.29 is 19.5 Å². The first-order valence-corrected chi connectivity index (χ1v) is 7.49. The molecule has 0 aliphatic carbocycles. The number of hydrogen-bond acceptors (Lipinski definition) is 4. The van der Waals surface area contributed by atoms with Crippen LogP contribution < -0.4 is 5.32 Å². The van der Waals surface area contributed by atoms with Gasteiger partial charge in [0.2, 0.25) is 0 Å². The molecule has 0 fully saturated rings. The number of nitrogens with one attached hydrogen (secondary N) is 1. The molecule has 0 radical (unpaired) electrons. The Hall–Kier alpha value is -1.82. The molecule has 0 aliphatic rings. The third kappa shape index (κ3) is 4.38. The van der Waals surface area contributed by atoms with Crippen LogP contribution in [-0.2, 0) is 4.79 Å². The Morgan fingerprint density at radius 2 is 1.85 bits per heavy atom. The van der Waals surface area contributed by atoms with E-state index in [1.807, 2.05) is 6.26 Å². The minimum Gasteiger partial charge on any atom is -0.480 e. The molecule has 0 heterocycles. The van der Waals surface area contributed by atoms with Gasteiger partial charge < -0.3 is 10.4 Å². The van der Waals surface area contributed by atoms with Gasteiger partial charge in [-0.1, -0.05) is 18.2 Å². The maximum atomic E-state index is 12.1. The van der Waals surface area contributed by atoms with Crippen LogP contribution in [0.3, 0.4) is 0 Å². The molecule has 0 aromatic heterocycles. The molecule has 1 unspecified atom stereocenters. The van der Waals surface area contributed by atoms with Crippen LogP contribution in [0.15, 0.2) is 24.3 Å². The highest BCUT2D eigenvalue weighted by atomic mass is 32.2. The highest BCUT2D eigenvalue weighted by molar-refractivity contribution is 7.98. The fourth-order valence-electron chi connectivity index (χ4n) is 1.72. The largest absolute Gasteiger partial charge is 0.480 e. The van der Waals surface area contributed by atoms with E-state index in [0.29, 0.717) is 17.7 Å². The van der Waals surface area contributed by atoms with Gasteiger partial charge in [0.05, 0.1) is 5.56 Å². The second kappa shape index (κ2) is 7.69. The van der Waals surface area contributed by atoms with Gasteiger partial charge in [0.15, 0.2) is 5.78 Å². The van der Waals surface area contributed by atoms with Gasteiger partial charge in [0, 0.05) is 5.56 Å². The van der Waals surface area contributed by atoms with E-state index in [1.165, 1.54) is 24.8 Å². The average molecular weight is 295 g/mol. The molecule has 20 heavy (non-hydrogen) atoms. The van der Waals surface area contributed by atoms with Crippen molar-refractivity contribution in [2.75, 3.05) is 12.0 Å². The molecular formula is C14H17NO4S. The Kier molecular flexibility index (Phi) is 6.24. The van der Waals surface area contributed by atoms with Crippen molar-refractivity contribution in [3.05, 3.63) is 35.4 Å². The summed E-state index contributed by atoms with van der Waals surface area (Å²) >= 11 is 1.51. The number of benzene rings is 1. The molecule has 2 N–H and O–H groups in total. The molecule has 1 aromatic carbocycles. The molecule has 0 saturated heterocycles. The predicted molar refractivity (Wildman–Crippen MR) is 78.3 cm³/mol. The number of amides is 1. The maximum absolute atomic E-state index is 12.1. The zero-order valence-corrected chi connectivity index (χ0v) is 12.2. The van der Waals surface area contributed by atoms with E-state index in [0.717, 1.165) is 0 Å². The Bertz CT molecular complexity index is 516. The van der Waals surface area contributed by atoms with Crippen molar-refractivity contribution in [2.45, 2.75) is 19.4 Å². The zero-order chi connectivity index (χ0) is 15.1. The van der Waals surface area contributed by atoms with Crippen molar-refractivity contribution in [1.82, 2.24) is 5.32 Å². The number of hydrogen-bond donors (Lipinski definition) is 2. The summed E-state index contributed by atoms with van der Waals surface area (Å²) in [7, 11) is 0. The van der Waals surface area contributed by atoms with Crippen LogP contribution in [0.4, 0.5) is 0 Å². The van der Waals surface area contributed by atoms with E-state index in [9.17, 15) is 14.4 Å². The van der Waals surface area contributed by atoms with Gasteiger partial charge in [0.1, 0.15) is 6.04 Å². The van der Waals surface area contributed by atoms with Gasteiger partial charge in [-0.3, -0.25) is 9.59 Å². The predicted octanol–water partition coefficient (Wildman–Crippen LogP) is 1.83. The van der Waals surface area contributed by atoms with Crippen molar-refractivity contribution >= 4 is 29.4 Å². The summed E-state index contributed by atoms with van der Waals surface area (Å²) in [5.74, 6) is -1.21. The van der Waals surface area contributed by atoms with Gasteiger partial charge in [-0.05, 0) is 31.4 Å². The molecule has 1 amide bonds. The van der Waals surface area contributed by atoms with Crippen molar-refractivity contribution in [3.8, 4) is 0 Å². The highest BCUT2D eigenvalue weighted by Gasteiger charge is 2.22. The van der Waals surface area contributed by atoms with E-state index in [4.69, 9.17) is 5.11 Å². The van der Waals surface area contributed by atoms with Crippen molar-refractivity contribution in [1.29, 1.82) is 0 Å². The molecule has 1 rings (SSSR count). The van der Waals surface area contributed by atoms with E-state index >= 15 is 0 Å². The minimum atomic E-state index is -1.08. The van der Waals surface area contributed by atoms with Crippen LogP contribution in [0.2, 0.25) is 0 Å². The van der Waals surface area contributed by atoms with Gasteiger partial charge in [-0.25, -0.2) is 4.79 Å². The van der Waals surface area contributed by atoms with E-state index < -0.39 is 17.9 Å². The molecule has 5 nitrogen and oxygen atoms in total. The summed E-state index contributed by atoms with van der Waals surface area (Å²) in [5, 5.41) is 11.5. The second-order valence-electron chi connectivity index (χ2n) is 4.25. The average Bonchev–Trinajstić information content (AvgIpc) is 2.42. The number of carbonyl (C=O) groups excluding carboxylic acids is 2. The molecule has 0 bridgehead atoms. The molecule has 0 aliphatic heterocycles. The quantitative estimate of drug-likeness (QED) is 0.750. The van der Waals surface area contributed by atoms with Gasteiger partial charge in [-0.2, -0.15) is 11.8 Å². The lowest BCUT2D eigenvalue weighted by molar-refractivity contribution is -0.139. The lowest BCUT2D eigenvalue weighted by Crippen LogP contribution is -2.41. The minimum absolute atomic E-state index is 0.204. The van der Waals surface area contributed by atoms with E-state index in [1.54, 1.807) is 18.2 Å². The number of carboxylic acid groups (broad SMARTS) is 1. The molecule has 1 aromatic rings. The number of ketones is 1. The van der Waals surface area contributed by atoms with Gasteiger partial charge in [0.25, 0.3) is 5.91 Å². The molecule has 1 atom stereocenters. The summed E-state index contributed by atoms with van der Waals surface area (Å²) in [5.41, 5.74) is 0.495. The number of rotatable bonds is 7. The first-order valence-electron chi connectivity index (χ1n) is 6.10. The number of thioether (sulfide) groups is 1. The summed E-state index contributed by atoms with van der Waals surface area (Å²) < 4.78 is 0. The fourth-order valence-corrected chi connectivity index (χ4v) is 2.19. The van der Waals surface area contributed by atoms with Gasteiger partial charge >= 0.3 is 5.97 Å². The van der Waals surface area contributed by atoms with Crippen molar-refractivity contribution in [3.63, 3.8) is 0 Å². The smallest absolute Gasteiger partial charge is 0.326 e. The van der Waals surface area contributed by atoms with Gasteiger partial charge in [-0.15, -0.1) is 0 Å². The van der Waals surface area contributed by atoms with Crippen LogP contribution >= 0.6 is 11.8 Å². The third-order valence-electron chi connectivity index (χ3n) is 2.77. The highest BCUT2D eigenvalue weighted by Crippen LogP contribution is 2.10.